The average Bonchev–Trinajstić information content (AvgIpc) is 2.32. The molecule has 106 valence electrons. The van der Waals surface area contributed by atoms with Crippen LogP contribution in [0.1, 0.15) is 12.8 Å². The standard InChI is InChI=1S/C11H16IN3O3S/c1-19(17,18)14-4-2-3-9(7-14)8-15-11(16)5-10(12)6-13-15/h5-6,9H,2-4,7-8H2,1H3. The summed E-state index contributed by atoms with van der Waals surface area (Å²) >= 11 is 2.04. The van der Waals surface area contributed by atoms with E-state index in [0.29, 0.717) is 19.6 Å². The first-order valence-corrected chi connectivity index (χ1v) is 8.97. The average molecular weight is 397 g/mol. The lowest BCUT2D eigenvalue weighted by Gasteiger charge is -2.30. The molecule has 0 aliphatic carbocycles. The van der Waals surface area contributed by atoms with Gasteiger partial charge in [0.1, 0.15) is 0 Å². The number of aromatic nitrogens is 2. The fourth-order valence-corrected chi connectivity index (χ4v) is 3.60. The van der Waals surface area contributed by atoms with E-state index in [1.165, 1.54) is 21.3 Å². The normalized spacial score (nSPS) is 21.5. The Balaban J connectivity index is 2.09. The van der Waals surface area contributed by atoms with Gasteiger partial charge < -0.3 is 0 Å². The predicted molar refractivity (Wildman–Crippen MR) is 80.4 cm³/mol. The number of nitrogens with zero attached hydrogens (tertiary/aromatic N) is 3. The first-order valence-electron chi connectivity index (χ1n) is 6.04. The molecule has 0 bridgehead atoms. The molecule has 1 aliphatic rings. The summed E-state index contributed by atoms with van der Waals surface area (Å²) < 4.78 is 26.8. The summed E-state index contributed by atoms with van der Waals surface area (Å²) in [7, 11) is -3.14. The highest BCUT2D eigenvalue weighted by molar-refractivity contribution is 14.1. The summed E-state index contributed by atoms with van der Waals surface area (Å²) in [4.78, 5) is 11.8. The number of sulfonamides is 1. The molecule has 0 N–H and O–H groups in total. The van der Waals surface area contributed by atoms with Crippen LogP contribution in [0.2, 0.25) is 0 Å². The maximum atomic E-state index is 11.8. The summed E-state index contributed by atoms with van der Waals surface area (Å²) in [6, 6.07) is 1.53. The van der Waals surface area contributed by atoms with Gasteiger partial charge >= 0.3 is 0 Å². The molecule has 6 nitrogen and oxygen atoms in total. The van der Waals surface area contributed by atoms with E-state index in [9.17, 15) is 13.2 Å². The fourth-order valence-electron chi connectivity index (χ4n) is 2.27. The van der Waals surface area contributed by atoms with Crippen LogP contribution in [-0.4, -0.2) is 41.8 Å². The van der Waals surface area contributed by atoms with Crippen molar-refractivity contribution in [1.82, 2.24) is 14.1 Å². The molecule has 1 saturated heterocycles. The molecule has 1 fully saturated rings. The van der Waals surface area contributed by atoms with E-state index >= 15 is 0 Å². The molecule has 0 radical (unpaired) electrons. The van der Waals surface area contributed by atoms with Crippen molar-refractivity contribution in [2.24, 2.45) is 5.92 Å². The van der Waals surface area contributed by atoms with E-state index in [2.05, 4.69) is 5.10 Å². The molecule has 0 spiro atoms. The molecule has 1 unspecified atom stereocenters. The molecule has 8 heteroatoms. The van der Waals surface area contributed by atoms with Gasteiger partial charge in [-0.3, -0.25) is 4.79 Å². The molecular formula is C11H16IN3O3S. The Bertz CT molecular complexity index is 614. The Morgan fingerprint density at radius 3 is 2.89 bits per heavy atom. The van der Waals surface area contributed by atoms with Crippen LogP contribution in [-0.2, 0) is 16.6 Å². The van der Waals surface area contributed by atoms with Crippen molar-refractivity contribution in [2.75, 3.05) is 19.3 Å². The van der Waals surface area contributed by atoms with Gasteiger partial charge in [0.25, 0.3) is 5.56 Å². The second-order valence-electron chi connectivity index (χ2n) is 4.82. The van der Waals surface area contributed by atoms with Crippen LogP contribution in [0.25, 0.3) is 0 Å². The van der Waals surface area contributed by atoms with E-state index in [1.54, 1.807) is 6.20 Å². The summed E-state index contributed by atoms with van der Waals surface area (Å²) in [5.41, 5.74) is -0.136. The van der Waals surface area contributed by atoms with Gasteiger partial charge in [0.05, 0.1) is 12.5 Å². The van der Waals surface area contributed by atoms with Gasteiger partial charge in [-0.25, -0.2) is 17.4 Å². The highest BCUT2D eigenvalue weighted by atomic mass is 127. The number of hydrogen-bond donors (Lipinski definition) is 0. The zero-order valence-corrected chi connectivity index (χ0v) is 13.6. The minimum absolute atomic E-state index is 0.136. The lowest BCUT2D eigenvalue weighted by molar-refractivity contribution is 0.238. The predicted octanol–water partition coefficient (Wildman–Crippen LogP) is 0.519. The van der Waals surface area contributed by atoms with Crippen LogP contribution in [0, 0.1) is 9.49 Å². The first-order chi connectivity index (χ1) is 8.86. The van der Waals surface area contributed by atoms with Crippen molar-refractivity contribution in [3.63, 3.8) is 0 Å². The van der Waals surface area contributed by atoms with Gasteiger partial charge in [-0.2, -0.15) is 5.10 Å². The maximum absolute atomic E-state index is 11.8. The largest absolute Gasteiger partial charge is 0.268 e. The third-order valence-electron chi connectivity index (χ3n) is 3.22. The molecule has 0 saturated carbocycles. The Morgan fingerprint density at radius 2 is 2.26 bits per heavy atom. The minimum Gasteiger partial charge on any atom is -0.268 e. The SMILES string of the molecule is CS(=O)(=O)N1CCCC(Cn2ncc(I)cc2=O)C1. The van der Waals surface area contributed by atoms with Crippen molar-refractivity contribution in [2.45, 2.75) is 19.4 Å². The second kappa shape index (κ2) is 5.88. The van der Waals surface area contributed by atoms with Crippen molar-refractivity contribution in [3.8, 4) is 0 Å². The van der Waals surface area contributed by atoms with E-state index in [1.807, 2.05) is 22.6 Å². The van der Waals surface area contributed by atoms with Crippen molar-refractivity contribution < 1.29 is 8.42 Å². The molecule has 0 aromatic carbocycles. The van der Waals surface area contributed by atoms with E-state index in [0.717, 1.165) is 16.4 Å². The minimum atomic E-state index is -3.14. The zero-order chi connectivity index (χ0) is 14.0. The van der Waals surface area contributed by atoms with Gasteiger partial charge in [0.15, 0.2) is 0 Å². The number of rotatable bonds is 3. The highest BCUT2D eigenvalue weighted by Crippen LogP contribution is 2.19. The Hall–Kier alpha value is -0.480. The molecule has 0 amide bonds. The van der Waals surface area contributed by atoms with E-state index in [-0.39, 0.29) is 11.5 Å². The second-order valence-corrected chi connectivity index (χ2v) is 8.05. The maximum Gasteiger partial charge on any atom is 0.267 e. The third kappa shape index (κ3) is 3.99. The summed E-state index contributed by atoms with van der Waals surface area (Å²) in [6.45, 7) is 1.52. The lowest BCUT2D eigenvalue weighted by atomic mass is 10.00. The van der Waals surface area contributed by atoms with Crippen LogP contribution >= 0.6 is 22.6 Å². The monoisotopic (exact) mass is 397 g/mol. The fraction of sp³-hybridized carbons (Fsp3) is 0.636. The number of hydrogen-bond acceptors (Lipinski definition) is 4. The Kier molecular flexibility index (Phi) is 4.62. The van der Waals surface area contributed by atoms with Gasteiger partial charge in [0, 0.05) is 29.3 Å². The van der Waals surface area contributed by atoms with Crippen molar-refractivity contribution in [1.29, 1.82) is 0 Å². The van der Waals surface area contributed by atoms with E-state index in [4.69, 9.17) is 0 Å². The highest BCUT2D eigenvalue weighted by Gasteiger charge is 2.26. The molecule has 1 aromatic rings. The molecule has 2 heterocycles. The number of halogens is 1. The lowest BCUT2D eigenvalue weighted by Crippen LogP contribution is -2.41. The van der Waals surface area contributed by atoms with Crippen molar-refractivity contribution in [3.05, 3.63) is 26.2 Å². The third-order valence-corrected chi connectivity index (χ3v) is 5.08. The number of piperidine rings is 1. The topological polar surface area (TPSA) is 72.3 Å². The zero-order valence-electron chi connectivity index (χ0n) is 10.6. The van der Waals surface area contributed by atoms with Crippen LogP contribution < -0.4 is 5.56 Å². The van der Waals surface area contributed by atoms with Gasteiger partial charge in [-0.15, -0.1) is 0 Å². The van der Waals surface area contributed by atoms with E-state index < -0.39 is 10.0 Å². The van der Waals surface area contributed by atoms with Crippen LogP contribution in [0.5, 0.6) is 0 Å². The quantitative estimate of drug-likeness (QED) is 0.698. The van der Waals surface area contributed by atoms with Gasteiger partial charge in [0.2, 0.25) is 10.0 Å². The Morgan fingerprint density at radius 1 is 1.53 bits per heavy atom. The molecule has 1 atom stereocenters. The van der Waals surface area contributed by atoms with Gasteiger partial charge in [-0.1, -0.05) is 0 Å². The first kappa shape index (κ1) is 14.9. The summed E-state index contributed by atoms with van der Waals surface area (Å²) in [5, 5.41) is 4.09. The smallest absolute Gasteiger partial charge is 0.267 e. The molecule has 1 aliphatic heterocycles. The summed E-state index contributed by atoms with van der Waals surface area (Å²) in [5.74, 6) is 0.147. The molecule has 2 rings (SSSR count). The molecule has 1 aromatic heterocycles. The summed E-state index contributed by atoms with van der Waals surface area (Å²) in [6.07, 6.45) is 4.62. The van der Waals surface area contributed by atoms with Crippen LogP contribution in [0.3, 0.4) is 0 Å². The van der Waals surface area contributed by atoms with Crippen molar-refractivity contribution >= 4 is 32.6 Å². The Labute approximate surface area is 126 Å². The van der Waals surface area contributed by atoms with Crippen LogP contribution in [0.15, 0.2) is 17.1 Å². The van der Waals surface area contributed by atoms with Crippen LogP contribution in [0.4, 0.5) is 0 Å². The molecular weight excluding hydrogens is 381 g/mol. The molecule has 19 heavy (non-hydrogen) atoms. The van der Waals surface area contributed by atoms with Gasteiger partial charge in [-0.05, 0) is 41.4 Å².